The third-order valence-electron chi connectivity index (χ3n) is 2.02. The molecule has 0 aliphatic heterocycles. The van der Waals surface area contributed by atoms with Gasteiger partial charge in [-0.1, -0.05) is 27.7 Å². The minimum Gasteiger partial charge on any atom is -0.316 e. The molecule has 0 saturated carbocycles. The molecule has 0 amide bonds. The van der Waals surface area contributed by atoms with Crippen molar-refractivity contribution in [3.05, 3.63) is 0 Å². The fourth-order valence-electron chi connectivity index (χ4n) is 1.54. The van der Waals surface area contributed by atoms with Crippen LogP contribution in [0, 0.1) is 5.92 Å². The molecule has 80 valence electrons. The Labute approximate surface area is 83.7 Å². The Balaban J connectivity index is 3.53. The minimum atomic E-state index is 0.785. The van der Waals surface area contributed by atoms with Crippen molar-refractivity contribution in [2.24, 2.45) is 5.92 Å². The largest absolute Gasteiger partial charge is 0.316 e. The molecular weight excluding hydrogens is 160 g/mol. The van der Waals surface area contributed by atoms with Crippen molar-refractivity contribution < 1.29 is 0 Å². The number of hydrogen-bond donors (Lipinski definition) is 1. The van der Waals surface area contributed by atoms with Crippen LogP contribution in [0.25, 0.3) is 0 Å². The summed E-state index contributed by atoms with van der Waals surface area (Å²) in [5, 5.41) is 3.37. The fourth-order valence-corrected chi connectivity index (χ4v) is 1.54. The van der Waals surface area contributed by atoms with Gasteiger partial charge in [0.05, 0.1) is 0 Å². The van der Waals surface area contributed by atoms with Crippen LogP contribution in [-0.4, -0.2) is 37.6 Å². The zero-order chi connectivity index (χ0) is 10.1. The van der Waals surface area contributed by atoms with E-state index in [4.69, 9.17) is 0 Å². The topological polar surface area (TPSA) is 15.3 Å². The average Bonchev–Trinajstić information content (AvgIpc) is 2.04. The van der Waals surface area contributed by atoms with Crippen molar-refractivity contribution in [3.8, 4) is 0 Å². The molecule has 0 aliphatic rings. The zero-order valence-corrected chi connectivity index (χ0v) is 9.77. The Morgan fingerprint density at radius 2 is 1.85 bits per heavy atom. The molecule has 0 atom stereocenters. The van der Waals surface area contributed by atoms with E-state index in [1.165, 1.54) is 26.1 Å². The monoisotopic (exact) mass is 186 g/mol. The van der Waals surface area contributed by atoms with Crippen LogP contribution in [0.5, 0.6) is 0 Å². The molecule has 13 heavy (non-hydrogen) atoms. The van der Waals surface area contributed by atoms with Gasteiger partial charge in [0.1, 0.15) is 0 Å². The van der Waals surface area contributed by atoms with E-state index in [9.17, 15) is 0 Å². The molecule has 0 spiro atoms. The van der Waals surface area contributed by atoms with Gasteiger partial charge in [0.25, 0.3) is 0 Å². The van der Waals surface area contributed by atoms with Gasteiger partial charge in [0, 0.05) is 19.6 Å². The molecule has 0 aromatic carbocycles. The Bertz CT molecular complexity index is 102. The third kappa shape index (κ3) is 8.26. The Hall–Kier alpha value is -0.0800. The van der Waals surface area contributed by atoms with E-state index < -0.39 is 0 Å². The average molecular weight is 186 g/mol. The summed E-state index contributed by atoms with van der Waals surface area (Å²) in [6, 6.07) is 0. The molecular formula is C11H26N2. The number of likely N-dealkylation sites (N-methyl/N-ethyl adjacent to an activating group) is 1. The SMILES string of the molecule is CCCN(CCNCC)CC(C)C. The van der Waals surface area contributed by atoms with Crippen LogP contribution in [0.1, 0.15) is 34.1 Å². The van der Waals surface area contributed by atoms with Gasteiger partial charge in [-0.2, -0.15) is 0 Å². The molecule has 0 heterocycles. The smallest absolute Gasteiger partial charge is 0.0107 e. The van der Waals surface area contributed by atoms with E-state index >= 15 is 0 Å². The highest BCUT2D eigenvalue weighted by Crippen LogP contribution is 1.98. The lowest BCUT2D eigenvalue weighted by Crippen LogP contribution is -2.35. The Morgan fingerprint density at radius 3 is 2.31 bits per heavy atom. The van der Waals surface area contributed by atoms with Crippen LogP contribution in [0.3, 0.4) is 0 Å². The van der Waals surface area contributed by atoms with E-state index in [1.807, 2.05) is 0 Å². The van der Waals surface area contributed by atoms with Gasteiger partial charge in [-0.15, -0.1) is 0 Å². The van der Waals surface area contributed by atoms with Crippen LogP contribution >= 0.6 is 0 Å². The van der Waals surface area contributed by atoms with Crippen molar-refractivity contribution >= 4 is 0 Å². The molecule has 2 nitrogen and oxygen atoms in total. The summed E-state index contributed by atoms with van der Waals surface area (Å²) in [6.45, 7) is 14.9. The summed E-state index contributed by atoms with van der Waals surface area (Å²) in [7, 11) is 0. The highest BCUT2D eigenvalue weighted by atomic mass is 15.1. The summed E-state index contributed by atoms with van der Waals surface area (Å²) in [6.07, 6.45) is 1.26. The molecule has 0 unspecified atom stereocenters. The first-order valence-electron chi connectivity index (χ1n) is 5.63. The van der Waals surface area contributed by atoms with Crippen LogP contribution in [0.2, 0.25) is 0 Å². The van der Waals surface area contributed by atoms with Gasteiger partial charge in [-0.05, 0) is 25.4 Å². The minimum absolute atomic E-state index is 0.785. The normalized spacial score (nSPS) is 11.5. The molecule has 0 rings (SSSR count). The maximum Gasteiger partial charge on any atom is 0.0107 e. The van der Waals surface area contributed by atoms with Gasteiger partial charge in [0.15, 0.2) is 0 Å². The lowest BCUT2D eigenvalue weighted by Gasteiger charge is -2.23. The van der Waals surface area contributed by atoms with Gasteiger partial charge in [-0.3, -0.25) is 0 Å². The molecule has 0 aromatic heterocycles. The van der Waals surface area contributed by atoms with Crippen molar-refractivity contribution in [2.75, 3.05) is 32.7 Å². The second-order valence-electron chi connectivity index (χ2n) is 4.05. The first kappa shape index (κ1) is 12.9. The van der Waals surface area contributed by atoms with E-state index in [2.05, 4.69) is 37.9 Å². The Morgan fingerprint density at radius 1 is 1.15 bits per heavy atom. The fraction of sp³-hybridized carbons (Fsp3) is 1.00. The first-order valence-corrected chi connectivity index (χ1v) is 5.63. The molecule has 0 fully saturated rings. The second-order valence-corrected chi connectivity index (χ2v) is 4.05. The van der Waals surface area contributed by atoms with E-state index in [-0.39, 0.29) is 0 Å². The lowest BCUT2D eigenvalue weighted by molar-refractivity contribution is 0.245. The molecule has 0 bridgehead atoms. The molecule has 0 radical (unpaired) electrons. The summed E-state index contributed by atoms with van der Waals surface area (Å²) in [5.74, 6) is 0.785. The molecule has 0 aromatic rings. The summed E-state index contributed by atoms with van der Waals surface area (Å²) >= 11 is 0. The highest BCUT2D eigenvalue weighted by Gasteiger charge is 2.04. The number of nitrogens with one attached hydrogen (secondary N) is 1. The van der Waals surface area contributed by atoms with E-state index in [1.54, 1.807) is 0 Å². The molecule has 0 saturated heterocycles. The lowest BCUT2D eigenvalue weighted by atomic mass is 10.2. The van der Waals surface area contributed by atoms with Crippen molar-refractivity contribution in [3.63, 3.8) is 0 Å². The number of hydrogen-bond acceptors (Lipinski definition) is 2. The van der Waals surface area contributed by atoms with Crippen LogP contribution in [0.4, 0.5) is 0 Å². The predicted molar refractivity (Wildman–Crippen MR) is 60.1 cm³/mol. The first-order chi connectivity index (χ1) is 6.20. The van der Waals surface area contributed by atoms with Crippen LogP contribution in [0.15, 0.2) is 0 Å². The van der Waals surface area contributed by atoms with Gasteiger partial charge >= 0.3 is 0 Å². The standard InChI is InChI=1S/C11H26N2/c1-5-8-13(10-11(3)4)9-7-12-6-2/h11-12H,5-10H2,1-4H3. The third-order valence-corrected chi connectivity index (χ3v) is 2.02. The second kappa shape index (κ2) is 8.52. The highest BCUT2D eigenvalue weighted by molar-refractivity contribution is 4.60. The van der Waals surface area contributed by atoms with Gasteiger partial charge in [-0.25, -0.2) is 0 Å². The molecule has 1 N–H and O–H groups in total. The van der Waals surface area contributed by atoms with Crippen LogP contribution in [-0.2, 0) is 0 Å². The quantitative estimate of drug-likeness (QED) is 0.583. The molecule has 0 aliphatic carbocycles. The van der Waals surface area contributed by atoms with Gasteiger partial charge < -0.3 is 10.2 Å². The maximum absolute atomic E-state index is 3.37. The maximum atomic E-state index is 3.37. The number of nitrogens with zero attached hydrogens (tertiary/aromatic N) is 1. The summed E-state index contributed by atoms with van der Waals surface area (Å²) < 4.78 is 0. The number of rotatable bonds is 8. The van der Waals surface area contributed by atoms with Crippen molar-refractivity contribution in [1.29, 1.82) is 0 Å². The van der Waals surface area contributed by atoms with Crippen molar-refractivity contribution in [2.45, 2.75) is 34.1 Å². The van der Waals surface area contributed by atoms with E-state index in [0.29, 0.717) is 0 Å². The Kier molecular flexibility index (Phi) is 8.46. The van der Waals surface area contributed by atoms with Crippen molar-refractivity contribution in [1.82, 2.24) is 10.2 Å². The molecule has 2 heteroatoms. The van der Waals surface area contributed by atoms with Gasteiger partial charge in [0.2, 0.25) is 0 Å². The predicted octanol–water partition coefficient (Wildman–Crippen LogP) is 1.96. The van der Waals surface area contributed by atoms with E-state index in [0.717, 1.165) is 19.0 Å². The summed E-state index contributed by atoms with van der Waals surface area (Å²) in [5.41, 5.74) is 0. The summed E-state index contributed by atoms with van der Waals surface area (Å²) in [4.78, 5) is 2.55. The zero-order valence-electron chi connectivity index (χ0n) is 9.77. The van der Waals surface area contributed by atoms with Crippen LogP contribution < -0.4 is 5.32 Å².